The van der Waals surface area contributed by atoms with Crippen LogP contribution in [-0.4, -0.2) is 38.5 Å². The Morgan fingerprint density at radius 2 is 2.08 bits per heavy atom. The first-order chi connectivity index (χ1) is 12.5. The summed E-state index contributed by atoms with van der Waals surface area (Å²) < 4.78 is 36.9. The standard InChI is InChI=1S/C17H17ClN2O5S/c18-6-5-17(21)20-10-16(12-2-1-7-19-9-12)26(22,23)13-3-4-14-15(8-13)25-11-24-14/h1-4,7-9,16H,5-6,10-11H2,(H,20,21)/t16-/m0/s1. The van der Waals surface area contributed by atoms with E-state index < -0.39 is 15.1 Å². The van der Waals surface area contributed by atoms with Crippen LogP contribution < -0.4 is 14.8 Å². The van der Waals surface area contributed by atoms with Gasteiger partial charge in [0.15, 0.2) is 21.3 Å². The maximum atomic E-state index is 13.2. The third kappa shape index (κ3) is 3.91. The summed E-state index contributed by atoms with van der Waals surface area (Å²) in [6.45, 7) is -0.0302. The van der Waals surface area contributed by atoms with Gasteiger partial charge < -0.3 is 14.8 Å². The average molecular weight is 397 g/mol. The fourth-order valence-corrected chi connectivity index (χ4v) is 4.40. The highest BCUT2D eigenvalue weighted by molar-refractivity contribution is 7.91. The number of aromatic nitrogens is 1. The number of pyridine rings is 1. The van der Waals surface area contributed by atoms with Gasteiger partial charge in [-0.15, -0.1) is 11.6 Å². The molecule has 3 rings (SSSR count). The van der Waals surface area contributed by atoms with Crippen molar-refractivity contribution in [2.75, 3.05) is 19.2 Å². The van der Waals surface area contributed by atoms with Gasteiger partial charge in [0, 0.05) is 37.3 Å². The van der Waals surface area contributed by atoms with Crippen LogP contribution in [0.25, 0.3) is 0 Å². The summed E-state index contributed by atoms with van der Waals surface area (Å²) in [4.78, 5) is 15.8. The van der Waals surface area contributed by atoms with Crippen molar-refractivity contribution in [3.05, 3.63) is 48.3 Å². The Balaban J connectivity index is 1.93. The van der Waals surface area contributed by atoms with Crippen LogP contribution in [-0.2, 0) is 14.6 Å². The van der Waals surface area contributed by atoms with E-state index in [2.05, 4.69) is 10.3 Å². The number of nitrogens with one attached hydrogen (secondary N) is 1. The molecule has 0 saturated carbocycles. The van der Waals surface area contributed by atoms with Crippen LogP contribution >= 0.6 is 11.6 Å². The number of carbonyl (C=O) groups is 1. The molecule has 2 heterocycles. The van der Waals surface area contributed by atoms with Gasteiger partial charge in [-0.25, -0.2) is 8.42 Å². The van der Waals surface area contributed by atoms with Crippen molar-refractivity contribution in [2.24, 2.45) is 0 Å². The van der Waals surface area contributed by atoms with Crippen LogP contribution in [0.2, 0.25) is 0 Å². The molecule has 0 saturated heterocycles. The number of amides is 1. The first kappa shape index (κ1) is 18.5. The van der Waals surface area contributed by atoms with Crippen molar-refractivity contribution in [3.63, 3.8) is 0 Å². The van der Waals surface area contributed by atoms with Crippen molar-refractivity contribution in [3.8, 4) is 11.5 Å². The predicted molar refractivity (Wildman–Crippen MR) is 95.1 cm³/mol. The summed E-state index contributed by atoms with van der Waals surface area (Å²) in [5.74, 6) is 0.729. The van der Waals surface area contributed by atoms with E-state index in [1.807, 2.05) is 0 Å². The Labute approximate surface area is 156 Å². The van der Waals surface area contributed by atoms with Gasteiger partial charge in [0.25, 0.3) is 0 Å². The predicted octanol–water partition coefficient (Wildman–Crippen LogP) is 2.07. The SMILES string of the molecule is O=C(CCCl)NC[C@@H](c1cccnc1)S(=O)(=O)c1ccc2c(c1)OCO2. The van der Waals surface area contributed by atoms with Gasteiger partial charge >= 0.3 is 0 Å². The molecule has 1 amide bonds. The van der Waals surface area contributed by atoms with Crippen LogP contribution in [0.3, 0.4) is 0 Å². The molecule has 138 valence electrons. The smallest absolute Gasteiger partial charge is 0.231 e. The van der Waals surface area contributed by atoms with E-state index in [1.165, 1.54) is 18.3 Å². The lowest BCUT2D eigenvalue weighted by atomic mass is 10.2. The maximum absolute atomic E-state index is 13.2. The van der Waals surface area contributed by atoms with Crippen molar-refractivity contribution < 1.29 is 22.7 Å². The topological polar surface area (TPSA) is 94.6 Å². The number of hydrogen-bond acceptors (Lipinski definition) is 6. The monoisotopic (exact) mass is 396 g/mol. The fraction of sp³-hybridized carbons (Fsp3) is 0.294. The fourth-order valence-electron chi connectivity index (χ4n) is 2.57. The molecule has 2 aromatic rings. The molecule has 0 spiro atoms. The summed E-state index contributed by atoms with van der Waals surface area (Å²) in [5, 5.41) is 1.63. The third-order valence-corrected chi connectivity index (χ3v) is 6.20. The van der Waals surface area contributed by atoms with Crippen LogP contribution in [0.1, 0.15) is 17.2 Å². The summed E-state index contributed by atoms with van der Waals surface area (Å²) in [5.41, 5.74) is 0.483. The van der Waals surface area contributed by atoms with Crippen LogP contribution in [0, 0.1) is 0 Å². The van der Waals surface area contributed by atoms with Gasteiger partial charge in [-0.05, 0) is 23.8 Å². The van der Waals surface area contributed by atoms with E-state index in [9.17, 15) is 13.2 Å². The second kappa shape index (κ2) is 7.92. The molecule has 0 aliphatic carbocycles. The molecule has 1 N–H and O–H groups in total. The number of ether oxygens (including phenoxy) is 2. The molecule has 1 aromatic heterocycles. The molecule has 7 nitrogen and oxygen atoms in total. The molecule has 1 aliphatic rings. The summed E-state index contributed by atoms with van der Waals surface area (Å²) in [7, 11) is -3.81. The highest BCUT2D eigenvalue weighted by atomic mass is 35.5. The Kier molecular flexibility index (Phi) is 5.63. The number of benzene rings is 1. The largest absolute Gasteiger partial charge is 0.454 e. The van der Waals surface area contributed by atoms with Crippen molar-refractivity contribution in [1.82, 2.24) is 10.3 Å². The Bertz CT molecular complexity index is 889. The Morgan fingerprint density at radius 1 is 1.27 bits per heavy atom. The zero-order valence-electron chi connectivity index (χ0n) is 13.7. The van der Waals surface area contributed by atoms with Gasteiger partial charge in [-0.1, -0.05) is 6.07 Å². The van der Waals surface area contributed by atoms with Gasteiger partial charge in [-0.2, -0.15) is 0 Å². The number of nitrogens with zero attached hydrogens (tertiary/aromatic N) is 1. The second-order valence-corrected chi connectivity index (χ2v) is 8.09. The minimum atomic E-state index is -3.81. The molecular weight excluding hydrogens is 380 g/mol. The lowest BCUT2D eigenvalue weighted by Crippen LogP contribution is -2.32. The quantitative estimate of drug-likeness (QED) is 0.720. The minimum absolute atomic E-state index is 0.0549. The van der Waals surface area contributed by atoms with Gasteiger partial charge in [0.2, 0.25) is 12.7 Å². The first-order valence-corrected chi connectivity index (χ1v) is 9.96. The molecule has 0 fully saturated rings. The van der Waals surface area contributed by atoms with Crippen LogP contribution in [0.4, 0.5) is 0 Å². The van der Waals surface area contributed by atoms with Crippen molar-refractivity contribution >= 4 is 27.3 Å². The zero-order valence-corrected chi connectivity index (χ0v) is 15.3. The third-order valence-electron chi connectivity index (χ3n) is 3.91. The minimum Gasteiger partial charge on any atom is -0.454 e. The van der Waals surface area contributed by atoms with Gasteiger partial charge in [0.1, 0.15) is 5.25 Å². The van der Waals surface area contributed by atoms with Crippen molar-refractivity contribution in [2.45, 2.75) is 16.6 Å². The highest BCUT2D eigenvalue weighted by Gasteiger charge is 2.31. The summed E-state index contributed by atoms with van der Waals surface area (Å²) in [6.07, 6.45) is 3.15. The molecule has 1 aromatic carbocycles. The van der Waals surface area contributed by atoms with Crippen LogP contribution in [0.5, 0.6) is 11.5 Å². The number of sulfone groups is 1. The number of halogens is 1. The highest BCUT2D eigenvalue weighted by Crippen LogP contribution is 2.37. The molecule has 1 atom stereocenters. The Hall–Kier alpha value is -2.32. The number of fused-ring (bicyclic) bond motifs is 1. The molecule has 26 heavy (non-hydrogen) atoms. The van der Waals surface area contributed by atoms with Crippen molar-refractivity contribution in [1.29, 1.82) is 0 Å². The second-order valence-electron chi connectivity index (χ2n) is 5.58. The van der Waals surface area contributed by atoms with Crippen LogP contribution in [0.15, 0.2) is 47.6 Å². The molecule has 0 unspecified atom stereocenters. The molecule has 9 heteroatoms. The first-order valence-electron chi connectivity index (χ1n) is 7.88. The molecular formula is C17H17ClN2O5S. The molecule has 0 radical (unpaired) electrons. The molecule has 1 aliphatic heterocycles. The number of hydrogen-bond donors (Lipinski definition) is 1. The summed E-state index contributed by atoms with van der Waals surface area (Å²) in [6, 6.07) is 7.77. The average Bonchev–Trinajstić information content (AvgIpc) is 3.10. The number of carbonyl (C=O) groups excluding carboxylic acids is 1. The normalized spacial score (nSPS) is 14.0. The lowest BCUT2D eigenvalue weighted by molar-refractivity contribution is -0.120. The number of rotatable bonds is 7. The van der Waals surface area contributed by atoms with Gasteiger partial charge in [0.05, 0.1) is 4.90 Å². The van der Waals surface area contributed by atoms with E-state index in [0.717, 1.165) is 0 Å². The van der Waals surface area contributed by atoms with E-state index in [4.69, 9.17) is 21.1 Å². The van der Waals surface area contributed by atoms with Gasteiger partial charge in [-0.3, -0.25) is 9.78 Å². The number of alkyl halides is 1. The van der Waals surface area contributed by atoms with E-state index in [1.54, 1.807) is 24.4 Å². The molecule has 0 bridgehead atoms. The summed E-state index contributed by atoms with van der Waals surface area (Å²) >= 11 is 5.55. The maximum Gasteiger partial charge on any atom is 0.231 e. The van der Waals surface area contributed by atoms with E-state index in [0.29, 0.717) is 17.1 Å². The Morgan fingerprint density at radius 3 is 2.81 bits per heavy atom. The zero-order chi connectivity index (χ0) is 18.6. The lowest BCUT2D eigenvalue weighted by Gasteiger charge is -2.19. The van der Waals surface area contributed by atoms with E-state index >= 15 is 0 Å². The van der Waals surface area contributed by atoms with E-state index in [-0.39, 0.29) is 36.4 Å².